The van der Waals surface area contributed by atoms with E-state index in [0.717, 1.165) is 27.4 Å². The Morgan fingerprint density at radius 3 is 2.50 bits per heavy atom. The predicted octanol–water partition coefficient (Wildman–Crippen LogP) is 5.77. The van der Waals surface area contributed by atoms with Gasteiger partial charge in [0.15, 0.2) is 0 Å². The first-order valence-corrected chi connectivity index (χ1v) is 6.95. The molecule has 1 aromatic carbocycles. The van der Waals surface area contributed by atoms with E-state index >= 15 is 0 Å². The summed E-state index contributed by atoms with van der Waals surface area (Å²) in [6.45, 7) is 0. The molecule has 0 atom stereocenters. The minimum absolute atomic E-state index is 0.402. The van der Waals surface area contributed by atoms with Crippen LogP contribution in [-0.2, 0) is 12.6 Å². The average molecular weight is 356 g/mol. The SMILES string of the molecule is FC(F)(F)c1ccc(Cc2cc(Br)ccc2Cl)s1. The first-order valence-electron chi connectivity index (χ1n) is 4.96. The van der Waals surface area contributed by atoms with Gasteiger partial charge in [-0.05, 0) is 35.9 Å². The Hall–Kier alpha value is -0.520. The molecule has 0 aliphatic rings. The summed E-state index contributed by atoms with van der Waals surface area (Å²) >= 11 is 10.1. The Morgan fingerprint density at radius 2 is 1.89 bits per heavy atom. The van der Waals surface area contributed by atoms with Gasteiger partial charge in [-0.2, -0.15) is 13.2 Å². The average Bonchev–Trinajstić information content (AvgIpc) is 2.71. The second-order valence-electron chi connectivity index (χ2n) is 3.68. The highest BCUT2D eigenvalue weighted by molar-refractivity contribution is 9.10. The van der Waals surface area contributed by atoms with Crippen molar-refractivity contribution in [1.82, 2.24) is 0 Å². The van der Waals surface area contributed by atoms with Gasteiger partial charge in [-0.3, -0.25) is 0 Å². The van der Waals surface area contributed by atoms with Crippen LogP contribution in [0.25, 0.3) is 0 Å². The van der Waals surface area contributed by atoms with Gasteiger partial charge in [0, 0.05) is 20.8 Å². The second kappa shape index (κ2) is 5.23. The first kappa shape index (κ1) is 13.9. The zero-order valence-electron chi connectivity index (χ0n) is 8.89. The van der Waals surface area contributed by atoms with Crippen molar-refractivity contribution in [3.05, 3.63) is 55.1 Å². The summed E-state index contributed by atoms with van der Waals surface area (Å²) in [5.74, 6) is 0. The summed E-state index contributed by atoms with van der Waals surface area (Å²) in [6.07, 6.45) is -3.87. The van der Waals surface area contributed by atoms with Gasteiger partial charge in [-0.1, -0.05) is 27.5 Å². The highest BCUT2D eigenvalue weighted by Gasteiger charge is 2.32. The van der Waals surface area contributed by atoms with E-state index < -0.39 is 11.1 Å². The lowest BCUT2D eigenvalue weighted by Crippen LogP contribution is -2.00. The van der Waals surface area contributed by atoms with Crippen LogP contribution in [0.3, 0.4) is 0 Å². The second-order valence-corrected chi connectivity index (χ2v) is 6.17. The third-order valence-electron chi connectivity index (χ3n) is 2.31. The van der Waals surface area contributed by atoms with E-state index in [1.165, 1.54) is 6.07 Å². The number of thiophene rings is 1. The van der Waals surface area contributed by atoms with E-state index in [2.05, 4.69) is 15.9 Å². The minimum atomic E-state index is -4.27. The van der Waals surface area contributed by atoms with Crippen LogP contribution < -0.4 is 0 Å². The number of rotatable bonds is 2. The lowest BCUT2D eigenvalue weighted by atomic mass is 10.1. The molecule has 1 aromatic heterocycles. The van der Waals surface area contributed by atoms with E-state index in [-0.39, 0.29) is 0 Å². The highest BCUT2D eigenvalue weighted by atomic mass is 79.9. The molecule has 0 aliphatic heterocycles. The maximum Gasteiger partial charge on any atom is 0.425 e. The van der Waals surface area contributed by atoms with Gasteiger partial charge < -0.3 is 0 Å². The van der Waals surface area contributed by atoms with Crippen molar-refractivity contribution in [2.45, 2.75) is 12.6 Å². The molecule has 0 spiro atoms. The number of halogens is 5. The van der Waals surface area contributed by atoms with E-state index in [1.54, 1.807) is 12.1 Å². The first-order chi connectivity index (χ1) is 8.36. The predicted molar refractivity (Wildman–Crippen MR) is 71.3 cm³/mol. The quantitative estimate of drug-likeness (QED) is 0.641. The zero-order valence-corrected chi connectivity index (χ0v) is 12.1. The van der Waals surface area contributed by atoms with E-state index in [4.69, 9.17) is 11.6 Å². The van der Waals surface area contributed by atoms with Crippen molar-refractivity contribution >= 4 is 38.9 Å². The van der Waals surface area contributed by atoms with Crippen molar-refractivity contribution in [2.24, 2.45) is 0 Å². The van der Waals surface area contributed by atoms with Crippen LogP contribution in [-0.4, -0.2) is 0 Å². The van der Waals surface area contributed by atoms with Gasteiger partial charge in [0.2, 0.25) is 0 Å². The molecule has 0 bridgehead atoms. The standard InChI is InChI=1S/C12H7BrClF3S/c13-8-1-3-10(14)7(5-8)6-9-2-4-11(18-9)12(15,16)17/h1-5H,6H2. The zero-order chi connectivity index (χ0) is 13.3. The Labute approximate surface area is 120 Å². The van der Waals surface area contributed by atoms with Gasteiger partial charge in [0.25, 0.3) is 0 Å². The molecular weight excluding hydrogens is 349 g/mol. The van der Waals surface area contributed by atoms with Gasteiger partial charge in [-0.25, -0.2) is 0 Å². The molecular formula is C12H7BrClF3S. The van der Waals surface area contributed by atoms with Crippen LogP contribution >= 0.6 is 38.9 Å². The molecule has 0 saturated heterocycles. The molecule has 96 valence electrons. The molecule has 2 rings (SSSR count). The fourth-order valence-electron chi connectivity index (χ4n) is 1.49. The molecule has 0 radical (unpaired) electrons. The van der Waals surface area contributed by atoms with Crippen molar-refractivity contribution in [1.29, 1.82) is 0 Å². The number of alkyl halides is 3. The summed E-state index contributed by atoms with van der Waals surface area (Å²) in [7, 11) is 0. The summed E-state index contributed by atoms with van der Waals surface area (Å²) in [5, 5.41) is 0.556. The summed E-state index contributed by atoms with van der Waals surface area (Å²) in [5.41, 5.74) is 0.807. The van der Waals surface area contributed by atoms with Crippen LogP contribution in [0.5, 0.6) is 0 Å². The molecule has 0 saturated carbocycles. The molecule has 2 aromatic rings. The van der Waals surface area contributed by atoms with E-state index in [0.29, 0.717) is 16.3 Å². The normalized spacial score (nSPS) is 11.8. The molecule has 0 amide bonds. The number of benzene rings is 1. The van der Waals surface area contributed by atoms with Crippen LogP contribution in [0.15, 0.2) is 34.8 Å². The van der Waals surface area contributed by atoms with Crippen LogP contribution in [0, 0.1) is 0 Å². The van der Waals surface area contributed by atoms with Crippen molar-refractivity contribution in [3.63, 3.8) is 0 Å². The Balaban J connectivity index is 2.24. The molecule has 0 N–H and O–H groups in total. The maximum atomic E-state index is 12.5. The van der Waals surface area contributed by atoms with Crippen molar-refractivity contribution < 1.29 is 13.2 Å². The topological polar surface area (TPSA) is 0 Å². The van der Waals surface area contributed by atoms with Gasteiger partial charge in [-0.15, -0.1) is 11.3 Å². The van der Waals surface area contributed by atoms with Crippen LogP contribution in [0.1, 0.15) is 15.3 Å². The summed E-state index contributed by atoms with van der Waals surface area (Å²) in [4.78, 5) is 0.0611. The lowest BCUT2D eigenvalue weighted by Gasteiger charge is -2.04. The van der Waals surface area contributed by atoms with Gasteiger partial charge in [0.1, 0.15) is 4.88 Å². The molecule has 0 aliphatic carbocycles. The Morgan fingerprint density at radius 1 is 1.17 bits per heavy atom. The van der Waals surface area contributed by atoms with E-state index in [9.17, 15) is 13.2 Å². The number of hydrogen-bond acceptors (Lipinski definition) is 1. The molecule has 0 fully saturated rings. The lowest BCUT2D eigenvalue weighted by molar-refractivity contribution is -0.134. The Bertz CT molecular complexity index is 563. The summed E-state index contributed by atoms with van der Waals surface area (Å²) < 4.78 is 38.2. The van der Waals surface area contributed by atoms with Crippen LogP contribution in [0.4, 0.5) is 13.2 Å². The number of hydrogen-bond donors (Lipinski definition) is 0. The molecule has 0 unspecified atom stereocenters. The fourth-order valence-corrected chi connectivity index (χ4v) is 2.98. The third-order valence-corrected chi connectivity index (χ3v) is 4.31. The smallest absolute Gasteiger partial charge is 0.165 e. The largest absolute Gasteiger partial charge is 0.425 e. The van der Waals surface area contributed by atoms with Gasteiger partial charge >= 0.3 is 6.18 Å². The van der Waals surface area contributed by atoms with Gasteiger partial charge in [0.05, 0.1) is 0 Å². The molecule has 0 nitrogen and oxygen atoms in total. The fraction of sp³-hybridized carbons (Fsp3) is 0.167. The minimum Gasteiger partial charge on any atom is -0.165 e. The van der Waals surface area contributed by atoms with Crippen molar-refractivity contribution in [2.75, 3.05) is 0 Å². The molecule has 1 heterocycles. The van der Waals surface area contributed by atoms with Crippen molar-refractivity contribution in [3.8, 4) is 0 Å². The summed E-state index contributed by atoms with van der Waals surface area (Å²) in [6, 6.07) is 7.92. The molecule has 18 heavy (non-hydrogen) atoms. The monoisotopic (exact) mass is 354 g/mol. The van der Waals surface area contributed by atoms with E-state index in [1.807, 2.05) is 6.07 Å². The van der Waals surface area contributed by atoms with Crippen LogP contribution in [0.2, 0.25) is 5.02 Å². The molecule has 6 heteroatoms. The maximum absolute atomic E-state index is 12.5. The Kier molecular flexibility index (Phi) is 4.04. The third kappa shape index (κ3) is 3.28. The highest BCUT2D eigenvalue weighted by Crippen LogP contribution is 2.36.